The maximum absolute atomic E-state index is 12.9. The number of nitrogens with two attached hydrogens (primary N) is 1. The summed E-state index contributed by atoms with van der Waals surface area (Å²) < 4.78 is 12.9. The lowest BCUT2D eigenvalue weighted by Crippen LogP contribution is -2.14. The predicted octanol–water partition coefficient (Wildman–Crippen LogP) is 0.378. The molecule has 0 atom stereocenters. The molecule has 0 fully saturated rings. The molecule has 0 aromatic heterocycles. The van der Waals surface area contributed by atoms with E-state index in [4.69, 9.17) is 15.9 Å². The summed E-state index contributed by atoms with van der Waals surface area (Å²) in [7, 11) is 0. The van der Waals surface area contributed by atoms with Crippen LogP contribution in [0, 0.1) is 5.82 Å². The van der Waals surface area contributed by atoms with Crippen molar-refractivity contribution in [2.24, 2.45) is 5.73 Å². The predicted molar refractivity (Wildman–Crippen MR) is 43.1 cm³/mol. The third-order valence-electron chi connectivity index (χ3n) is 1.55. The largest absolute Gasteiger partial charge is 0.504 e. The van der Waals surface area contributed by atoms with Crippen molar-refractivity contribution in [1.29, 1.82) is 0 Å². The number of halogens is 1. The highest BCUT2D eigenvalue weighted by Crippen LogP contribution is 2.27. The summed E-state index contributed by atoms with van der Waals surface area (Å²) >= 11 is 0. The van der Waals surface area contributed by atoms with Gasteiger partial charge in [-0.15, -0.1) is 0 Å². The molecule has 1 rings (SSSR count). The maximum Gasteiger partial charge on any atom is 0.179 e. The van der Waals surface area contributed by atoms with Crippen molar-refractivity contribution in [1.82, 2.24) is 0 Å². The van der Waals surface area contributed by atoms with E-state index < -0.39 is 23.1 Å². The molecule has 0 aliphatic carbocycles. The number of ketones is 1. The van der Waals surface area contributed by atoms with Crippen LogP contribution in [0.15, 0.2) is 12.1 Å². The number of hydrogen-bond donors (Lipinski definition) is 3. The Kier molecular flexibility index (Phi) is 2.48. The van der Waals surface area contributed by atoms with E-state index in [1.54, 1.807) is 0 Å². The Labute approximate surface area is 73.4 Å². The molecule has 0 saturated heterocycles. The average molecular weight is 185 g/mol. The fraction of sp³-hybridized carbons (Fsp3) is 0.125. The second kappa shape index (κ2) is 3.40. The molecular weight excluding hydrogens is 177 g/mol. The van der Waals surface area contributed by atoms with E-state index in [0.717, 1.165) is 6.07 Å². The van der Waals surface area contributed by atoms with Crippen molar-refractivity contribution in [3.63, 3.8) is 0 Å². The minimum Gasteiger partial charge on any atom is -0.504 e. The lowest BCUT2D eigenvalue weighted by molar-refractivity contribution is 0.0997. The molecule has 4 N–H and O–H groups in total. The monoisotopic (exact) mass is 185 g/mol. The Morgan fingerprint density at radius 1 is 1.38 bits per heavy atom. The molecule has 0 saturated carbocycles. The van der Waals surface area contributed by atoms with Gasteiger partial charge < -0.3 is 15.9 Å². The molecule has 0 radical (unpaired) electrons. The number of phenols is 2. The van der Waals surface area contributed by atoms with E-state index in [0.29, 0.717) is 6.07 Å². The number of rotatable bonds is 2. The third-order valence-corrected chi connectivity index (χ3v) is 1.55. The van der Waals surface area contributed by atoms with Crippen LogP contribution < -0.4 is 5.73 Å². The van der Waals surface area contributed by atoms with Crippen molar-refractivity contribution in [2.75, 3.05) is 6.54 Å². The fourth-order valence-electron chi connectivity index (χ4n) is 0.875. The van der Waals surface area contributed by atoms with Gasteiger partial charge in [0.2, 0.25) is 0 Å². The summed E-state index contributed by atoms with van der Waals surface area (Å²) in [5.74, 6) is -2.68. The Morgan fingerprint density at radius 2 is 1.92 bits per heavy atom. The van der Waals surface area contributed by atoms with Gasteiger partial charge in [-0.3, -0.25) is 4.79 Å². The van der Waals surface area contributed by atoms with Crippen LogP contribution in [-0.4, -0.2) is 22.5 Å². The van der Waals surface area contributed by atoms with Crippen molar-refractivity contribution in [3.05, 3.63) is 23.5 Å². The van der Waals surface area contributed by atoms with Gasteiger partial charge in [-0.1, -0.05) is 0 Å². The molecule has 70 valence electrons. The molecule has 0 heterocycles. The smallest absolute Gasteiger partial charge is 0.179 e. The molecule has 0 amide bonds. The summed E-state index contributed by atoms with van der Waals surface area (Å²) in [6, 6.07) is 1.51. The highest BCUT2D eigenvalue weighted by atomic mass is 19.1. The van der Waals surface area contributed by atoms with Crippen molar-refractivity contribution in [3.8, 4) is 11.5 Å². The summed E-state index contributed by atoms with van der Waals surface area (Å²) in [4.78, 5) is 10.9. The lowest BCUT2D eigenvalue weighted by atomic mass is 10.1. The first kappa shape index (κ1) is 9.47. The molecule has 0 bridgehead atoms. The number of benzene rings is 1. The van der Waals surface area contributed by atoms with Crippen LogP contribution in [0.3, 0.4) is 0 Å². The zero-order chi connectivity index (χ0) is 10.0. The van der Waals surface area contributed by atoms with Gasteiger partial charge in [0, 0.05) is 6.07 Å². The first-order valence-corrected chi connectivity index (χ1v) is 3.51. The van der Waals surface area contributed by atoms with Gasteiger partial charge in [-0.2, -0.15) is 0 Å². The first-order valence-electron chi connectivity index (χ1n) is 3.51. The van der Waals surface area contributed by atoms with Crippen LogP contribution in [-0.2, 0) is 0 Å². The van der Waals surface area contributed by atoms with E-state index >= 15 is 0 Å². The quantitative estimate of drug-likeness (QED) is 0.459. The van der Waals surface area contributed by atoms with Gasteiger partial charge >= 0.3 is 0 Å². The number of phenolic OH excluding ortho intramolecular Hbond substituents is 2. The van der Waals surface area contributed by atoms with Crippen LogP contribution in [0.5, 0.6) is 11.5 Å². The highest BCUT2D eigenvalue weighted by Gasteiger charge is 2.13. The SMILES string of the molecule is NCC(=O)c1cc(O)c(O)cc1F. The number of aromatic hydroxyl groups is 2. The van der Waals surface area contributed by atoms with Gasteiger partial charge in [0.25, 0.3) is 0 Å². The normalized spacial score (nSPS) is 10.0. The zero-order valence-electron chi connectivity index (χ0n) is 6.62. The Morgan fingerprint density at radius 3 is 2.46 bits per heavy atom. The van der Waals surface area contributed by atoms with E-state index in [2.05, 4.69) is 0 Å². The van der Waals surface area contributed by atoms with Gasteiger partial charge in [0.05, 0.1) is 12.1 Å². The number of carbonyl (C=O) groups excluding carboxylic acids is 1. The van der Waals surface area contributed by atoms with Crippen LogP contribution in [0.2, 0.25) is 0 Å². The Hall–Kier alpha value is -1.62. The van der Waals surface area contributed by atoms with E-state index in [1.165, 1.54) is 0 Å². The summed E-state index contributed by atoms with van der Waals surface area (Å²) in [6.07, 6.45) is 0. The van der Waals surface area contributed by atoms with Crippen molar-refractivity contribution < 1.29 is 19.4 Å². The van der Waals surface area contributed by atoms with Crippen LogP contribution in [0.1, 0.15) is 10.4 Å². The van der Waals surface area contributed by atoms with E-state index in [9.17, 15) is 9.18 Å². The molecular formula is C8H8FNO3. The maximum atomic E-state index is 12.9. The Balaban J connectivity index is 3.23. The molecule has 13 heavy (non-hydrogen) atoms. The third kappa shape index (κ3) is 1.75. The number of carbonyl (C=O) groups is 1. The fourth-order valence-corrected chi connectivity index (χ4v) is 0.875. The number of hydrogen-bond acceptors (Lipinski definition) is 4. The topological polar surface area (TPSA) is 83.6 Å². The first-order chi connectivity index (χ1) is 6.06. The van der Waals surface area contributed by atoms with Crippen LogP contribution >= 0.6 is 0 Å². The molecule has 5 heteroatoms. The van der Waals surface area contributed by atoms with Gasteiger partial charge in [0.1, 0.15) is 5.82 Å². The molecule has 1 aromatic rings. The van der Waals surface area contributed by atoms with Crippen LogP contribution in [0.4, 0.5) is 4.39 Å². The Bertz CT molecular complexity index is 351. The second-order valence-corrected chi connectivity index (χ2v) is 2.45. The van der Waals surface area contributed by atoms with E-state index in [1.807, 2.05) is 0 Å². The van der Waals surface area contributed by atoms with Gasteiger partial charge in [-0.25, -0.2) is 4.39 Å². The highest BCUT2D eigenvalue weighted by molar-refractivity contribution is 5.98. The molecule has 0 unspecified atom stereocenters. The average Bonchev–Trinajstić information content (AvgIpc) is 2.10. The van der Waals surface area contributed by atoms with Crippen molar-refractivity contribution >= 4 is 5.78 Å². The lowest BCUT2D eigenvalue weighted by Gasteiger charge is -2.02. The molecule has 4 nitrogen and oxygen atoms in total. The zero-order valence-corrected chi connectivity index (χ0v) is 6.62. The second-order valence-electron chi connectivity index (χ2n) is 2.45. The summed E-state index contributed by atoms with van der Waals surface area (Å²) in [5, 5.41) is 17.8. The van der Waals surface area contributed by atoms with Crippen LogP contribution in [0.25, 0.3) is 0 Å². The molecule has 0 aliphatic rings. The minimum absolute atomic E-state index is 0.321. The van der Waals surface area contributed by atoms with Crippen molar-refractivity contribution in [2.45, 2.75) is 0 Å². The standard InChI is InChI=1S/C8H8FNO3/c9-5-2-7(12)6(11)1-4(5)8(13)3-10/h1-2,11-12H,3,10H2. The minimum atomic E-state index is -0.897. The summed E-state index contributed by atoms with van der Waals surface area (Å²) in [5.41, 5.74) is 4.68. The molecule has 0 aliphatic heterocycles. The van der Waals surface area contributed by atoms with Gasteiger partial charge in [0.15, 0.2) is 17.3 Å². The van der Waals surface area contributed by atoms with Gasteiger partial charge in [-0.05, 0) is 6.07 Å². The molecule has 1 aromatic carbocycles. The number of Topliss-reactive ketones (excluding diaryl/α,β-unsaturated/α-hetero) is 1. The molecule has 0 spiro atoms. The van der Waals surface area contributed by atoms with E-state index in [-0.39, 0.29) is 12.1 Å². The summed E-state index contributed by atoms with van der Waals surface area (Å²) in [6.45, 7) is -0.346.